The van der Waals surface area contributed by atoms with Crippen LogP contribution in [0.5, 0.6) is 0 Å². The third-order valence-corrected chi connectivity index (χ3v) is 5.40. The van der Waals surface area contributed by atoms with Gasteiger partial charge in [-0.3, -0.25) is 0 Å². The van der Waals surface area contributed by atoms with E-state index in [9.17, 15) is 0 Å². The molecule has 25 heavy (non-hydrogen) atoms. The average molecular weight is 369 g/mol. The first-order chi connectivity index (χ1) is 12.2. The maximum absolute atomic E-state index is 6.49. The molecule has 0 atom stereocenters. The minimum Gasteiger partial charge on any atom is -0.338 e. The molecule has 0 amide bonds. The Hall–Kier alpha value is -2.16. The van der Waals surface area contributed by atoms with Crippen LogP contribution in [0.3, 0.4) is 0 Å². The highest BCUT2D eigenvalue weighted by Crippen LogP contribution is 2.32. The van der Waals surface area contributed by atoms with E-state index >= 15 is 0 Å². The van der Waals surface area contributed by atoms with Crippen LogP contribution in [0.1, 0.15) is 11.1 Å². The van der Waals surface area contributed by atoms with Crippen LogP contribution in [0.2, 0.25) is 0 Å². The first-order valence-electron chi connectivity index (χ1n) is 8.27. The lowest BCUT2D eigenvalue weighted by Crippen LogP contribution is -2.26. The van der Waals surface area contributed by atoms with Crippen molar-refractivity contribution < 1.29 is 0 Å². The molecule has 0 N–H and O–H groups in total. The molecule has 2 nitrogen and oxygen atoms in total. The molecule has 1 aliphatic rings. The Balaban J connectivity index is 1.51. The lowest BCUT2D eigenvalue weighted by atomic mass is 10.1. The largest absolute Gasteiger partial charge is 0.338 e. The van der Waals surface area contributed by atoms with Crippen LogP contribution < -0.4 is 0 Å². The maximum atomic E-state index is 6.49. The molecule has 0 fully saturated rings. The van der Waals surface area contributed by atoms with E-state index in [1.165, 1.54) is 21.9 Å². The molecular formula is C21H18Cl2N2. The molecule has 0 aromatic heterocycles. The van der Waals surface area contributed by atoms with E-state index in [2.05, 4.69) is 64.4 Å². The van der Waals surface area contributed by atoms with Crippen molar-refractivity contribution in [2.24, 2.45) is 0 Å². The van der Waals surface area contributed by atoms with Crippen molar-refractivity contribution in [1.82, 2.24) is 9.80 Å². The van der Waals surface area contributed by atoms with Gasteiger partial charge in [-0.05, 0) is 28.0 Å². The van der Waals surface area contributed by atoms with Gasteiger partial charge in [0.05, 0.1) is 6.67 Å². The standard InChI is InChI=1S/C21H18Cl2N2/c22-20-21(23)25(15-24(20)13-16-6-2-1-3-7-16)14-17-10-11-18-8-4-5-9-19(18)12-17/h1-12H,13-15H2. The zero-order chi connectivity index (χ0) is 17.2. The van der Waals surface area contributed by atoms with Crippen LogP contribution in [-0.2, 0) is 13.1 Å². The summed E-state index contributed by atoms with van der Waals surface area (Å²) in [6, 6.07) is 25.2. The summed E-state index contributed by atoms with van der Waals surface area (Å²) in [5.74, 6) is 0. The molecule has 0 spiro atoms. The second-order valence-corrected chi connectivity index (χ2v) is 7.00. The summed E-state index contributed by atoms with van der Waals surface area (Å²) < 4.78 is 0. The highest BCUT2D eigenvalue weighted by Gasteiger charge is 2.26. The van der Waals surface area contributed by atoms with E-state index in [1.807, 2.05) is 18.2 Å². The van der Waals surface area contributed by atoms with Crippen molar-refractivity contribution >= 4 is 34.0 Å². The van der Waals surface area contributed by atoms with Crippen LogP contribution >= 0.6 is 23.2 Å². The van der Waals surface area contributed by atoms with Crippen molar-refractivity contribution in [2.45, 2.75) is 13.1 Å². The summed E-state index contributed by atoms with van der Waals surface area (Å²) in [6.45, 7) is 2.19. The van der Waals surface area contributed by atoms with Gasteiger partial charge >= 0.3 is 0 Å². The Kier molecular flexibility index (Phi) is 4.56. The number of hydrogen-bond donors (Lipinski definition) is 0. The molecule has 126 valence electrons. The smallest absolute Gasteiger partial charge is 0.142 e. The van der Waals surface area contributed by atoms with Crippen LogP contribution in [-0.4, -0.2) is 16.5 Å². The minimum atomic E-state index is 0.616. The summed E-state index contributed by atoms with van der Waals surface area (Å²) in [6.07, 6.45) is 0. The van der Waals surface area contributed by atoms with E-state index in [0.29, 0.717) is 17.0 Å². The predicted octanol–water partition coefficient (Wildman–Crippen LogP) is 5.72. The Morgan fingerprint density at radius 3 is 1.96 bits per heavy atom. The first kappa shape index (κ1) is 16.3. The van der Waals surface area contributed by atoms with Gasteiger partial charge < -0.3 is 9.80 Å². The molecule has 0 unspecified atom stereocenters. The van der Waals surface area contributed by atoms with Gasteiger partial charge in [0.1, 0.15) is 10.3 Å². The highest BCUT2D eigenvalue weighted by molar-refractivity contribution is 6.38. The van der Waals surface area contributed by atoms with Crippen LogP contribution in [0.4, 0.5) is 0 Å². The normalized spacial score (nSPS) is 14.6. The molecule has 0 bridgehead atoms. The zero-order valence-electron chi connectivity index (χ0n) is 13.7. The minimum absolute atomic E-state index is 0.616. The average Bonchev–Trinajstić information content (AvgIpc) is 2.90. The summed E-state index contributed by atoms with van der Waals surface area (Å²) in [4.78, 5) is 4.21. The SMILES string of the molecule is ClC1=C(Cl)N(Cc2ccc3ccccc3c2)CN1Cc1ccccc1. The maximum Gasteiger partial charge on any atom is 0.142 e. The number of fused-ring (bicyclic) bond motifs is 1. The van der Waals surface area contributed by atoms with Gasteiger partial charge in [0.15, 0.2) is 0 Å². The van der Waals surface area contributed by atoms with Gasteiger partial charge in [-0.15, -0.1) is 0 Å². The van der Waals surface area contributed by atoms with Crippen LogP contribution in [0.15, 0.2) is 83.1 Å². The summed E-state index contributed by atoms with van der Waals surface area (Å²) in [7, 11) is 0. The first-order valence-corrected chi connectivity index (χ1v) is 9.03. The number of nitrogens with zero attached hydrogens (tertiary/aromatic N) is 2. The monoisotopic (exact) mass is 368 g/mol. The summed E-state index contributed by atoms with van der Waals surface area (Å²) in [5, 5.41) is 3.72. The summed E-state index contributed by atoms with van der Waals surface area (Å²) in [5.41, 5.74) is 2.44. The molecule has 4 rings (SSSR count). The van der Waals surface area contributed by atoms with E-state index in [0.717, 1.165) is 13.1 Å². The van der Waals surface area contributed by atoms with Gasteiger partial charge in [-0.1, -0.05) is 89.9 Å². The van der Waals surface area contributed by atoms with Crippen LogP contribution in [0, 0.1) is 0 Å². The number of rotatable bonds is 4. The van der Waals surface area contributed by atoms with E-state index in [1.54, 1.807) is 0 Å². The third kappa shape index (κ3) is 3.46. The fourth-order valence-corrected chi connectivity index (χ4v) is 3.66. The van der Waals surface area contributed by atoms with Gasteiger partial charge in [-0.25, -0.2) is 0 Å². The lowest BCUT2D eigenvalue weighted by molar-refractivity contribution is 0.248. The van der Waals surface area contributed by atoms with Crippen molar-refractivity contribution in [3.63, 3.8) is 0 Å². The van der Waals surface area contributed by atoms with Crippen molar-refractivity contribution in [3.8, 4) is 0 Å². The molecule has 1 aliphatic heterocycles. The van der Waals surface area contributed by atoms with Crippen LogP contribution in [0.25, 0.3) is 10.8 Å². The summed E-state index contributed by atoms with van der Waals surface area (Å²) >= 11 is 13.0. The fraction of sp³-hybridized carbons (Fsp3) is 0.143. The van der Waals surface area contributed by atoms with E-state index in [4.69, 9.17) is 23.2 Å². The Morgan fingerprint density at radius 2 is 1.24 bits per heavy atom. The highest BCUT2D eigenvalue weighted by atomic mass is 35.5. The van der Waals surface area contributed by atoms with Crippen molar-refractivity contribution in [2.75, 3.05) is 6.67 Å². The predicted molar refractivity (Wildman–Crippen MR) is 105 cm³/mol. The second-order valence-electron chi connectivity index (χ2n) is 6.29. The quantitative estimate of drug-likeness (QED) is 0.543. The molecule has 1 heterocycles. The third-order valence-electron chi connectivity index (χ3n) is 4.47. The molecule has 0 saturated carbocycles. The second kappa shape index (κ2) is 6.99. The molecular weight excluding hydrogens is 351 g/mol. The number of hydrogen-bond acceptors (Lipinski definition) is 2. The Bertz CT molecular complexity index is 921. The van der Waals surface area contributed by atoms with E-state index < -0.39 is 0 Å². The molecule has 3 aromatic carbocycles. The zero-order valence-corrected chi connectivity index (χ0v) is 15.2. The number of halogens is 2. The molecule has 0 aliphatic carbocycles. The Morgan fingerprint density at radius 1 is 0.640 bits per heavy atom. The lowest BCUT2D eigenvalue weighted by Gasteiger charge is -2.22. The Labute approximate surface area is 157 Å². The van der Waals surface area contributed by atoms with Crippen molar-refractivity contribution in [1.29, 1.82) is 0 Å². The molecule has 0 radical (unpaired) electrons. The van der Waals surface area contributed by atoms with E-state index in [-0.39, 0.29) is 0 Å². The fourth-order valence-electron chi connectivity index (χ4n) is 3.19. The van der Waals surface area contributed by atoms with Gasteiger partial charge in [0.2, 0.25) is 0 Å². The van der Waals surface area contributed by atoms with Gasteiger partial charge in [0, 0.05) is 13.1 Å². The molecule has 4 heteroatoms. The molecule has 0 saturated heterocycles. The van der Waals surface area contributed by atoms with Crippen molar-refractivity contribution in [3.05, 3.63) is 94.2 Å². The van der Waals surface area contributed by atoms with Gasteiger partial charge in [0.25, 0.3) is 0 Å². The molecule has 3 aromatic rings. The topological polar surface area (TPSA) is 6.48 Å². The number of benzene rings is 3. The van der Waals surface area contributed by atoms with Gasteiger partial charge in [-0.2, -0.15) is 0 Å².